The smallest absolute Gasteiger partial charge is 0.308 e. The first-order chi connectivity index (χ1) is 20.0. The molecule has 0 spiro atoms. The highest BCUT2D eigenvalue weighted by molar-refractivity contribution is 8.00. The summed E-state index contributed by atoms with van der Waals surface area (Å²) >= 11 is 1.54. The highest BCUT2D eigenvalue weighted by atomic mass is 32.2. The SMILES string of the molecule is O=C(O)CC1(SCCCN(Cc2ccccc2)C(=O)CC(c2ccccc2)c2ccccc2)Nc2ccccc2N1. The van der Waals surface area contributed by atoms with Gasteiger partial charge < -0.3 is 20.6 Å². The second kappa shape index (κ2) is 13.4. The molecule has 0 aliphatic carbocycles. The van der Waals surface area contributed by atoms with Crippen LogP contribution in [0.15, 0.2) is 115 Å². The summed E-state index contributed by atoms with van der Waals surface area (Å²) in [6, 6.07) is 38.2. The van der Waals surface area contributed by atoms with Crippen LogP contribution in [0.4, 0.5) is 11.4 Å². The Morgan fingerprint density at radius 3 is 1.80 bits per heavy atom. The Kier molecular flexibility index (Phi) is 9.26. The largest absolute Gasteiger partial charge is 0.481 e. The first kappa shape index (κ1) is 28.3. The van der Waals surface area contributed by atoms with E-state index in [1.54, 1.807) is 11.8 Å². The summed E-state index contributed by atoms with van der Waals surface area (Å²) in [5.41, 5.74) is 5.12. The minimum atomic E-state index is -0.876. The summed E-state index contributed by atoms with van der Waals surface area (Å²) in [5.74, 6) is -0.136. The van der Waals surface area contributed by atoms with E-state index in [1.165, 1.54) is 0 Å². The molecule has 0 saturated carbocycles. The van der Waals surface area contributed by atoms with Crippen LogP contribution in [0.5, 0.6) is 0 Å². The molecule has 1 heterocycles. The van der Waals surface area contributed by atoms with Crippen molar-refractivity contribution in [2.75, 3.05) is 22.9 Å². The van der Waals surface area contributed by atoms with Crippen LogP contribution in [-0.2, 0) is 16.1 Å². The molecule has 1 amide bonds. The molecule has 5 rings (SSSR count). The second-order valence-electron chi connectivity index (χ2n) is 10.3. The van der Waals surface area contributed by atoms with Gasteiger partial charge in [-0.25, -0.2) is 0 Å². The summed E-state index contributed by atoms with van der Waals surface area (Å²) in [5, 5.41) is 16.4. The molecule has 210 valence electrons. The second-order valence-corrected chi connectivity index (χ2v) is 11.7. The maximum absolute atomic E-state index is 13.9. The molecule has 0 atom stereocenters. The van der Waals surface area contributed by atoms with Crippen molar-refractivity contribution in [3.8, 4) is 0 Å². The number of amides is 1. The molecule has 41 heavy (non-hydrogen) atoms. The monoisotopic (exact) mass is 565 g/mol. The quantitative estimate of drug-likeness (QED) is 0.151. The first-order valence-corrected chi connectivity index (χ1v) is 14.9. The topological polar surface area (TPSA) is 81.7 Å². The number of aliphatic carboxylic acids is 1. The number of nitrogens with zero attached hydrogens (tertiary/aromatic N) is 1. The van der Waals surface area contributed by atoms with Gasteiger partial charge in [0.2, 0.25) is 5.91 Å². The summed E-state index contributed by atoms with van der Waals surface area (Å²) in [4.78, 5) is 26.8. The van der Waals surface area contributed by atoms with Crippen LogP contribution in [0.1, 0.15) is 41.9 Å². The number of rotatable bonds is 13. The summed E-state index contributed by atoms with van der Waals surface area (Å²) in [6.45, 7) is 1.11. The number of para-hydroxylation sites is 2. The lowest BCUT2D eigenvalue weighted by Crippen LogP contribution is -2.41. The summed E-state index contributed by atoms with van der Waals surface area (Å²) < 4.78 is 0. The zero-order valence-electron chi connectivity index (χ0n) is 22.9. The number of hydrogen-bond donors (Lipinski definition) is 3. The predicted octanol–water partition coefficient (Wildman–Crippen LogP) is 7.03. The third-order valence-electron chi connectivity index (χ3n) is 7.27. The van der Waals surface area contributed by atoms with Crippen molar-refractivity contribution >= 4 is 35.0 Å². The lowest BCUT2D eigenvalue weighted by atomic mass is 9.88. The fourth-order valence-electron chi connectivity index (χ4n) is 5.29. The molecule has 0 saturated heterocycles. The van der Waals surface area contributed by atoms with E-state index in [-0.39, 0.29) is 18.2 Å². The maximum atomic E-state index is 13.9. The number of nitrogens with one attached hydrogen (secondary N) is 2. The van der Waals surface area contributed by atoms with Crippen LogP contribution in [0, 0.1) is 0 Å². The fraction of sp³-hybridized carbons (Fsp3) is 0.235. The molecule has 0 radical (unpaired) electrons. The van der Waals surface area contributed by atoms with Gasteiger partial charge in [-0.2, -0.15) is 0 Å². The van der Waals surface area contributed by atoms with E-state index in [1.807, 2.05) is 95.9 Å². The van der Waals surface area contributed by atoms with Gasteiger partial charge in [0, 0.05) is 25.4 Å². The van der Waals surface area contributed by atoms with Crippen molar-refractivity contribution in [3.63, 3.8) is 0 Å². The molecule has 0 unspecified atom stereocenters. The van der Waals surface area contributed by atoms with E-state index in [4.69, 9.17) is 0 Å². The number of fused-ring (bicyclic) bond motifs is 1. The number of hydrogen-bond acceptors (Lipinski definition) is 5. The zero-order valence-corrected chi connectivity index (χ0v) is 23.7. The standard InChI is InChI=1S/C34H35N3O3S/c38-32(23-29(27-15-6-2-7-16-27)28-17-8-3-9-18-28)37(25-26-13-4-1-5-14-26)21-12-22-41-34(24-33(39)40)35-30-19-10-11-20-31(30)36-34/h1-11,13-20,29,35-36H,12,21-25H2,(H,39,40). The number of carboxylic acids is 1. The molecule has 7 heteroatoms. The van der Waals surface area contributed by atoms with E-state index in [9.17, 15) is 14.7 Å². The number of benzene rings is 4. The Hall–Kier alpha value is -4.23. The van der Waals surface area contributed by atoms with Crippen molar-refractivity contribution in [2.45, 2.75) is 36.7 Å². The summed E-state index contributed by atoms with van der Waals surface area (Å²) in [7, 11) is 0. The molecule has 3 N–H and O–H groups in total. The normalized spacial score (nSPS) is 13.2. The average Bonchev–Trinajstić information content (AvgIpc) is 3.36. The van der Waals surface area contributed by atoms with Crippen molar-refractivity contribution in [2.24, 2.45) is 0 Å². The molecule has 6 nitrogen and oxygen atoms in total. The molecule has 0 aromatic heterocycles. The van der Waals surface area contributed by atoms with Crippen LogP contribution in [0.3, 0.4) is 0 Å². The predicted molar refractivity (Wildman–Crippen MR) is 167 cm³/mol. The number of anilines is 2. The lowest BCUT2D eigenvalue weighted by Gasteiger charge is -2.30. The molecular weight excluding hydrogens is 530 g/mol. The third kappa shape index (κ3) is 7.50. The van der Waals surface area contributed by atoms with Gasteiger partial charge in [-0.3, -0.25) is 9.59 Å². The zero-order chi connectivity index (χ0) is 28.5. The van der Waals surface area contributed by atoms with Gasteiger partial charge in [0.1, 0.15) is 0 Å². The minimum Gasteiger partial charge on any atom is -0.481 e. The molecular formula is C34H35N3O3S. The van der Waals surface area contributed by atoms with Gasteiger partial charge in [-0.15, -0.1) is 11.8 Å². The molecule has 4 aromatic rings. The lowest BCUT2D eigenvalue weighted by molar-refractivity contribution is -0.137. The Bertz CT molecular complexity index is 1370. The number of carbonyl (C=O) groups excluding carboxylic acids is 1. The number of thioether (sulfide) groups is 1. The van der Waals surface area contributed by atoms with Gasteiger partial charge in [0.15, 0.2) is 4.99 Å². The minimum absolute atomic E-state index is 0.0400. The Morgan fingerprint density at radius 2 is 1.27 bits per heavy atom. The van der Waals surface area contributed by atoms with Gasteiger partial charge >= 0.3 is 5.97 Å². The average molecular weight is 566 g/mol. The van der Waals surface area contributed by atoms with Crippen LogP contribution in [0.25, 0.3) is 0 Å². The van der Waals surface area contributed by atoms with Crippen LogP contribution in [-0.4, -0.2) is 39.2 Å². The van der Waals surface area contributed by atoms with E-state index in [0.29, 0.717) is 25.3 Å². The number of carbonyl (C=O) groups is 2. The Morgan fingerprint density at radius 1 is 0.756 bits per heavy atom. The van der Waals surface area contributed by atoms with Crippen LogP contribution >= 0.6 is 11.8 Å². The van der Waals surface area contributed by atoms with Gasteiger partial charge in [0.25, 0.3) is 0 Å². The van der Waals surface area contributed by atoms with Crippen molar-refractivity contribution in [1.82, 2.24) is 4.90 Å². The summed E-state index contributed by atoms with van der Waals surface area (Å²) in [6.07, 6.45) is 1.02. The van der Waals surface area contributed by atoms with E-state index in [2.05, 4.69) is 34.9 Å². The Balaban J connectivity index is 1.28. The number of carboxylic acid groups (broad SMARTS) is 1. The molecule has 1 aliphatic heterocycles. The molecule has 0 bridgehead atoms. The third-order valence-corrected chi connectivity index (χ3v) is 8.61. The van der Waals surface area contributed by atoms with Gasteiger partial charge in [-0.05, 0) is 41.0 Å². The van der Waals surface area contributed by atoms with E-state index >= 15 is 0 Å². The molecule has 0 fully saturated rings. The van der Waals surface area contributed by atoms with Gasteiger partial charge in [0.05, 0.1) is 17.8 Å². The maximum Gasteiger partial charge on any atom is 0.308 e. The van der Waals surface area contributed by atoms with Crippen molar-refractivity contribution in [3.05, 3.63) is 132 Å². The first-order valence-electron chi connectivity index (χ1n) is 13.9. The van der Waals surface area contributed by atoms with Crippen LogP contribution in [0.2, 0.25) is 0 Å². The van der Waals surface area contributed by atoms with Crippen molar-refractivity contribution < 1.29 is 14.7 Å². The van der Waals surface area contributed by atoms with E-state index < -0.39 is 11.0 Å². The van der Waals surface area contributed by atoms with E-state index in [0.717, 1.165) is 34.5 Å². The molecule has 4 aromatic carbocycles. The highest BCUT2D eigenvalue weighted by Crippen LogP contribution is 2.42. The van der Waals surface area contributed by atoms with Crippen LogP contribution < -0.4 is 10.6 Å². The van der Waals surface area contributed by atoms with Crippen molar-refractivity contribution in [1.29, 1.82) is 0 Å². The highest BCUT2D eigenvalue weighted by Gasteiger charge is 2.38. The van der Waals surface area contributed by atoms with Gasteiger partial charge in [-0.1, -0.05) is 103 Å². The fourth-order valence-corrected chi connectivity index (χ4v) is 6.50. The molecule has 1 aliphatic rings. The Labute approximate surface area is 245 Å².